The highest BCUT2D eigenvalue weighted by molar-refractivity contribution is 5.81. The maximum absolute atomic E-state index is 8.39. The van der Waals surface area contributed by atoms with Crippen molar-refractivity contribution < 1.29 is 4.74 Å². The molecule has 0 amide bonds. The van der Waals surface area contributed by atoms with Gasteiger partial charge in [0.15, 0.2) is 0 Å². The first-order chi connectivity index (χ1) is 9.22. The van der Waals surface area contributed by atoms with Gasteiger partial charge in [0, 0.05) is 6.42 Å². The smallest absolute Gasteiger partial charge is 0.211 e. The predicted molar refractivity (Wildman–Crippen MR) is 74.8 cm³/mol. The Morgan fingerprint density at radius 1 is 1.26 bits per heavy atom. The molecular weight excluding hydrogens is 242 g/mol. The van der Waals surface area contributed by atoms with Crippen molar-refractivity contribution in [3.8, 4) is 11.8 Å². The Bertz CT molecular complexity index is 469. The fourth-order valence-electron chi connectivity index (χ4n) is 1.31. The summed E-state index contributed by atoms with van der Waals surface area (Å²) in [6, 6.07) is 9.51. The Labute approximate surface area is 112 Å². The van der Waals surface area contributed by atoms with Crippen molar-refractivity contribution in [3.63, 3.8) is 0 Å². The Balaban J connectivity index is 2.37. The Morgan fingerprint density at radius 2 is 2.00 bits per heavy atom. The maximum Gasteiger partial charge on any atom is 0.211 e. The topological polar surface area (TPSA) is 110 Å². The summed E-state index contributed by atoms with van der Waals surface area (Å²) in [5.74, 6) is 0.713. The van der Waals surface area contributed by atoms with Gasteiger partial charge in [-0.3, -0.25) is 0 Å². The van der Waals surface area contributed by atoms with Gasteiger partial charge >= 0.3 is 0 Å². The second-order valence-corrected chi connectivity index (χ2v) is 3.80. The molecule has 0 saturated heterocycles. The van der Waals surface area contributed by atoms with Crippen molar-refractivity contribution in [3.05, 3.63) is 29.8 Å². The molecule has 6 nitrogen and oxygen atoms in total. The molecular formula is C13H17N5O. The van der Waals surface area contributed by atoms with Crippen molar-refractivity contribution in [2.45, 2.75) is 19.3 Å². The average molecular weight is 259 g/mol. The van der Waals surface area contributed by atoms with Crippen LogP contribution < -0.4 is 16.2 Å². The number of hydrogen-bond donors (Lipinski definition) is 2. The van der Waals surface area contributed by atoms with Crippen LogP contribution in [0.3, 0.4) is 0 Å². The number of rotatable bonds is 7. The molecule has 1 aromatic carbocycles. The number of nitrogens with two attached hydrogens (primary N) is 2. The minimum Gasteiger partial charge on any atom is -0.494 e. The second-order valence-electron chi connectivity index (χ2n) is 3.80. The number of benzene rings is 1. The zero-order valence-electron chi connectivity index (χ0n) is 10.6. The summed E-state index contributed by atoms with van der Waals surface area (Å²) in [5.41, 5.74) is 11.2. The Hall–Kier alpha value is -2.55. The van der Waals surface area contributed by atoms with Crippen LogP contribution in [0.4, 0.5) is 0 Å². The predicted octanol–water partition coefficient (Wildman–Crippen LogP) is 1.37. The molecule has 0 bridgehead atoms. The van der Waals surface area contributed by atoms with Crippen LogP contribution in [0.1, 0.15) is 24.8 Å². The van der Waals surface area contributed by atoms with Gasteiger partial charge in [-0.2, -0.15) is 10.4 Å². The maximum atomic E-state index is 8.39. The highest BCUT2D eigenvalue weighted by Gasteiger charge is 1.94. The number of unbranched alkanes of at least 4 members (excludes halogenated alkanes) is 2. The van der Waals surface area contributed by atoms with Gasteiger partial charge in [-0.15, -0.1) is 5.10 Å². The third kappa shape index (κ3) is 6.68. The number of nitriles is 1. The summed E-state index contributed by atoms with van der Waals surface area (Å²) in [7, 11) is 0. The summed E-state index contributed by atoms with van der Waals surface area (Å²) in [6.07, 6.45) is 3.86. The summed E-state index contributed by atoms with van der Waals surface area (Å²) in [6.45, 7) is 0.614. The van der Waals surface area contributed by atoms with E-state index in [9.17, 15) is 0 Å². The molecule has 0 heterocycles. The van der Waals surface area contributed by atoms with Crippen LogP contribution in [0.5, 0.6) is 5.75 Å². The summed E-state index contributed by atoms with van der Waals surface area (Å²) < 4.78 is 5.53. The molecule has 0 atom stereocenters. The number of ether oxygens (including phenoxy) is 1. The van der Waals surface area contributed by atoms with E-state index in [1.165, 1.54) is 0 Å². The van der Waals surface area contributed by atoms with Crippen LogP contribution in [0, 0.1) is 11.3 Å². The highest BCUT2D eigenvalue weighted by Crippen LogP contribution is 2.11. The van der Waals surface area contributed by atoms with E-state index < -0.39 is 0 Å². The van der Waals surface area contributed by atoms with Crippen molar-refractivity contribution in [2.75, 3.05) is 6.61 Å². The molecule has 0 aliphatic carbocycles. The van der Waals surface area contributed by atoms with Crippen molar-refractivity contribution in [2.24, 2.45) is 21.7 Å². The minimum atomic E-state index is -0.0754. The first kappa shape index (κ1) is 14.5. The van der Waals surface area contributed by atoms with E-state index in [0.717, 1.165) is 24.2 Å². The standard InChI is InChI=1S/C13H17N5O/c14-8-2-1-3-9-19-12-6-4-11(5-7-12)10-17-18-13(15)16/h4-7,10H,1-3,9H2,(H4,15,16,18). The van der Waals surface area contributed by atoms with Gasteiger partial charge in [-0.05, 0) is 42.7 Å². The molecule has 0 aliphatic rings. The molecule has 4 N–H and O–H groups in total. The second kappa shape index (κ2) is 8.53. The number of nitrogens with zero attached hydrogens (tertiary/aromatic N) is 3. The summed E-state index contributed by atoms with van der Waals surface area (Å²) in [4.78, 5) is 0. The molecule has 1 aromatic rings. The van der Waals surface area contributed by atoms with Crippen LogP contribution in [0.2, 0.25) is 0 Å². The molecule has 19 heavy (non-hydrogen) atoms. The van der Waals surface area contributed by atoms with Gasteiger partial charge in [-0.1, -0.05) is 0 Å². The molecule has 0 spiro atoms. The van der Waals surface area contributed by atoms with Crippen LogP contribution in [-0.2, 0) is 0 Å². The lowest BCUT2D eigenvalue weighted by Crippen LogP contribution is -2.21. The van der Waals surface area contributed by atoms with E-state index in [4.69, 9.17) is 21.5 Å². The van der Waals surface area contributed by atoms with Gasteiger partial charge in [-0.25, -0.2) is 0 Å². The van der Waals surface area contributed by atoms with Crippen LogP contribution >= 0.6 is 0 Å². The zero-order valence-corrected chi connectivity index (χ0v) is 10.6. The molecule has 0 fully saturated rings. The number of hydrogen-bond acceptors (Lipinski definition) is 4. The third-order valence-electron chi connectivity index (χ3n) is 2.21. The van der Waals surface area contributed by atoms with E-state index in [-0.39, 0.29) is 5.96 Å². The van der Waals surface area contributed by atoms with Crippen molar-refractivity contribution in [1.82, 2.24) is 0 Å². The minimum absolute atomic E-state index is 0.0754. The molecule has 100 valence electrons. The van der Waals surface area contributed by atoms with E-state index in [1.807, 2.05) is 24.3 Å². The van der Waals surface area contributed by atoms with Crippen LogP contribution in [0.15, 0.2) is 34.5 Å². The van der Waals surface area contributed by atoms with Crippen molar-refractivity contribution in [1.29, 1.82) is 5.26 Å². The monoisotopic (exact) mass is 259 g/mol. The molecule has 0 aromatic heterocycles. The molecule has 0 radical (unpaired) electrons. The summed E-state index contributed by atoms with van der Waals surface area (Å²) >= 11 is 0. The molecule has 6 heteroatoms. The Kier molecular flexibility index (Phi) is 6.51. The van der Waals surface area contributed by atoms with Gasteiger partial charge in [0.1, 0.15) is 5.75 Å². The SMILES string of the molecule is N#CCCCCOc1ccc(C=NN=C(N)N)cc1. The van der Waals surface area contributed by atoms with Gasteiger partial charge in [0.05, 0.1) is 18.9 Å². The lowest BCUT2D eigenvalue weighted by Gasteiger charge is -2.05. The molecule has 1 rings (SSSR count). The zero-order chi connectivity index (χ0) is 13.9. The third-order valence-corrected chi connectivity index (χ3v) is 2.21. The highest BCUT2D eigenvalue weighted by atomic mass is 16.5. The van der Waals surface area contributed by atoms with Crippen LogP contribution in [-0.4, -0.2) is 18.8 Å². The average Bonchev–Trinajstić information content (AvgIpc) is 2.40. The quantitative estimate of drug-likeness (QED) is 0.333. The van der Waals surface area contributed by atoms with Crippen molar-refractivity contribution >= 4 is 12.2 Å². The van der Waals surface area contributed by atoms with E-state index in [1.54, 1.807) is 6.21 Å². The van der Waals surface area contributed by atoms with E-state index in [2.05, 4.69) is 16.3 Å². The number of guanidine groups is 1. The fraction of sp³-hybridized carbons (Fsp3) is 0.308. The fourth-order valence-corrected chi connectivity index (χ4v) is 1.31. The van der Waals surface area contributed by atoms with Gasteiger partial charge in [0.25, 0.3) is 0 Å². The first-order valence-electron chi connectivity index (χ1n) is 5.94. The molecule has 0 unspecified atom stereocenters. The van der Waals surface area contributed by atoms with Gasteiger partial charge < -0.3 is 16.2 Å². The largest absolute Gasteiger partial charge is 0.494 e. The Morgan fingerprint density at radius 3 is 2.63 bits per heavy atom. The lowest BCUT2D eigenvalue weighted by molar-refractivity contribution is 0.307. The van der Waals surface area contributed by atoms with E-state index >= 15 is 0 Å². The lowest BCUT2D eigenvalue weighted by atomic mass is 10.2. The first-order valence-corrected chi connectivity index (χ1v) is 5.94. The summed E-state index contributed by atoms with van der Waals surface area (Å²) in [5, 5.41) is 15.6. The molecule has 0 saturated carbocycles. The van der Waals surface area contributed by atoms with Crippen LogP contribution in [0.25, 0.3) is 0 Å². The van der Waals surface area contributed by atoms with Gasteiger partial charge in [0.2, 0.25) is 5.96 Å². The molecule has 0 aliphatic heterocycles. The van der Waals surface area contributed by atoms with E-state index in [0.29, 0.717) is 13.0 Å². The normalized spacial score (nSPS) is 10.1.